The Bertz CT molecular complexity index is 658. The minimum atomic E-state index is -0.271. The first kappa shape index (κ1) is 14.2. The summed E-state index contributed by atoms with van der Waals surface area (Å²) in [5, 5.41) is 3.99. The molecule has 104 valence electrons. The standard InChI is InChI=1S/C14H15N3O2S/c1-19-13(18)6-7-16-12-8-10(14(15)20)9-4-2-3-5-11(9)17-12/h2-5,8H,6-7H2,1H3,(H2,15,20)(H,16,17). The topological polar surface area (TPSA) is 77.2 Å². The van der Waals surface area contributed by atoms with E-state index in [2.05, 4.69) is 15.0 Å². The summed E-state index contributed by atoms with van der Waals surface area (Å²) in [6, 6.07) is 9.42. The fourth-order valence-corrected chi connectivity index (χ4v) is 2.03. The predicted molar refractivity (Wildman–Crippen MR) is 82.8 cm³/mol. The Balaban J connectivity index is 2.26. The van der Waals surface area contributed by atoms with E-state index < -0.39 is 0 Å². The maximum absolute atomic E-state index is 11.1. The van der Waals surface area contributed by atoms with Gasteiger partial charge in [0.25, 0.3) is 0 Å². The number of rotatable bonds is 5. The zero-order valence-corrected chi connectivity index (χ0v) is 11.9. The van der Waals surface area contributed by atoms with Crippen molar-refractivity contribution >= 4 is 39.9 Å². The van der Waals surface area contributed by atoms with E-state index in [4.69, 9.17) is 18.0 Å². The Morgan fingerprint density at radius 1 is 1.45 bits per heavy atom. The van der Waals surface area contributed by atoms with Crippen LogP contribution in [0.15, 0.2) is 30.3 Å². The lowest BCUT2D eigenvalue weighted by molar-refractivity contribution is -0.140. The normalized spacial score (nSPS) is 10.2. The average molecular weight is 289 g/mol. The number of nitrogens with two attached hydrogens (primary N) is 1. The van der Waals surface area contributed by atoms with Crippen molar-refractivity contribution in [1.82, 2.24) is 4.98 Å². The van der Waals surface area contributed by atoms with E-state index >= 15 is 0 Å². The molecule has 0 atom stereocenters. The van der Waals surface area contributed by atoms with Crippen LogP contribution in [0.5, 0.6) is 0 Å². The minimum Gasteiger partial charge on any atom is -0.469 e. The second kappa shape index (κ2) is 6.29. The van der Waals surface area contributed by atoms with Gasteiger partial charge < -0.3 is 15.8 Å². The molecule has 0 radical (unpaired) electrons. The number of anilines is 1. The molecule has 0 saturated carbocycles. The number of carbonyl (C=O) groups is 1. The summed E-state index contributed by atoms with van der Waals surface area (Å²) in [6.45, 7) is 0.439. The van der Waals surface area contributed by atoms with Crippen LogP contribution in [0.1, 0.15) is 12.0 Å². The van der Waals surface area contributed by atoms with E-state index in [1.807, 2.05) is 24.3 Å². The minimum absolute atomic E-state index is 0.271. The van der Waals surface area contributed by atoms with Crippen molar-refractivity contribution in [2.24, 2.45) is 5.73 Å². The number of esters is 1. The molecule has 20 heavy (non-hydrogen) atoms. The third-order valence-corrected chi connectivity index (χ3v) is 3.06. The van der Waals surface area contributed by atoms with Gasteiger partial charge in [0.05, 0.1) is 19.0 Å². The fraction of sp³-hybridized carbons (Fsp3) is 0.214. The SMILES string of the molecule is COC(=O)CCNc1cc(C(N)=S)c2ccccc2n1. The van der Waals surface area contributed by atoms with Gasteiger partial charge >= 0.3 is 5.97 Å². The quantitative estimate of drug-likeness (QED) is 0.646. The molecule has 1 aromatic heterocycles. The van der Waals surface area contributed by atoms with Crippen LogP contribution in [-0.2, 0) is 9.53 Å². The van der Waals surface area contributed by atoms with Crippen molar-refractivity contribution in [1.29, 1.82) is 0 Å². The first-order chi connectivity index (χ1) is 9.61. The zero-order chi connectivity index (χ0) is 14.5. The van der Waals surface area contributed by atoms with E-state index in [1.165, 1.54) is 7.11 Å². The smallest absolute Gasteiger partial charge is 0.307 e. The molecule has 0 fully saturated rings. The summed E-state index contributed by atoms with van der Waals surface area (Å²) >= 11 is 5.07. The molecule has 0 unspecified atom stereocenters. The molecular formula is C14H15N3O2S. The van der Waals surface area contributed by atoms with E-state index in [1.54, 1.807) is 6.07 Å². The van der Waals surface area contributed by atoms with E-state index in [0.29, 0.717) is 17.4 Å². The van der Waals surface area contributed by atoms with Crippen LogP contribution in [0.25, 0.3) is 10.9 Å². The molecule has 0 amide bonds. The van der Waals surface area contributed by atoms with Gasteiger partial charge in [0.1, 0.15) is 10.8 Å². The molecule has 6 heteroatoms. The lowest BCUT2D eigenvalue weighted by atomic mass is 10.1. The number of benzene rings is 1. The number of hydrogen-bond donors (Lipinski definition) is 2. The molecule has 0 bridgehead atoms. The maximum atomic E-state index is 11.1. The second-order valence-electron chi connectivity index (χ2n) is 4.19. The Hall–Kier alpha value is -2.21. The third-order valence-electron chi connectivity index (χ3n) is 2.84. The predicted octanol–water partition coefficient (Wildman–Crippen LogP) is 1.84. The van der Waals surface area contributed by atoms with Gasteiger partial charge in [0.2, 0.25) is 0 Å². The van der Waals surface area contributed by atoms with Gasteiger partial charge in [-0.05, 0) is 12.1 Å². The molecule has 0 saturated heterocycles. The van der Waals surface area contributed by atoms with E-state index in [-0.39, 0.29) is 12.4 Å². The summed E-state index contributed by atoms with van der Waals surface area (Å²) in [6.07, 6.45) is 0.271. The van der Waals surface area contributed by atoms with Gasteiger partial charge in [0, 0.05) is 17.5 Å². The molecule has 2 aromatic rings. The number of carbonyl (C=O) groups excluding carboxylic acids is 1. The highest BCUT2D eigenvalue weighted by molar-refractivity contribution is 7.80. The Morgan fingerprint density at radius 2 is 2.20 bits per heavy atom. The number of methoxy groups -OCH3 is 1. The Morgan fingerprint density at radius 3 is 2.90 bits per heavy atom. The number of ether oxygens (including phenoxy) is 1. The molecule has 2 rings (SSSR count). The highest BCUT2D eigenvalue weighted by Gasteiger charge is 2.08. The summed E-state index contributed by atoms with van der Waals surface area (Å²) in [7, 11) is 1.36. The third kappa shape index (κ3) is 3.21. The highest BCUT2D eigenvalue weighted by atomic mass is 32.1. The lowest BCUT2D eigenvalue weighted by Gasteiger charge is -2.10. The number of aromatic nitrogens is 1. The van der Waals surface area contributed by atoms with Gasteiger partial charge in [-0.2, -0.15) is 0 Å². The monoisotopic (exact) mass is 289 g/mol. The Kier molecular flexibility index (Phi) is 4.47. The van der Waals surface area contributed by atoms with Crippen LogP contribution in [0.3, 0.4) is 0 Å². The molecule has 0 aliphatic carbocycles. The number of thiocarbonyl (C=S) groups is 1. The molecule has 0 aliphatic rings. The van der Waals surface area contributed by atoms with Gasteiger partial charge in [-0.3, -0.25) is 4.79 Å². The Labute approximate surface area is 122 Å². The van der Waals surface area contributed by atoms with Gasteiger partial charge in [-0.1, -0.05) is 30.4 Å². The van der Waals surface area contributed by atoms with Crippen molar-refractivity contribution in [3.8, 4) is 0 Å². The van der Waals surface area contributed by atoms with Crippen LogP contribution in [-0.4, -0.2) is 29.6 Å². The fourth-order valence-electron chi connectivity index (χ4n) is 1.86. The average Bonchev–Trinajstić information content (AvgIpc) is 2.46. The van der Waals surface area contributed by atoms with Crippen LogP contribution >= 0.6 is 12.2 Å². The summed E-state index contributed by atoms with van der Waals surface area (Å²) in [5.74, 6) is 0.364. The highest BCUT2D eigenvalue weighted by Crippen LogP contribution is 2.20. The largest absolute Gasteiger partial charge is 0.469 e. The van der Waals surface area contributed by atoms with Crippen LogP contribution < -0.4 is 11.1 Å². The van der Waals surface area contributed by atoms with Crippen LogP contribution in [0.4, 0.5) is 5.82 Å². The van der Waals surface area contributed by atoms with Crippen LogP contribution in [0.2, 0.25) is 0 Å². The van der Waals surface area contributed by atoms with Crippen LogP contribution in [0, 0.1) is 0 Å². The lowest BCUT2D eigenvalue weighted by Crippen LogP contribution is -2.13. The molecule has 1 heterocycles. The van der Waals surface area contributed by atoms with Crippen molar-refractivity contribution in [2.75, 3.05) is 19.0 Å². The summed E-state index contributed by atoms with van der Waals surface area (Å²) in [5.41, 5.74) is 7.32. The molecule has 0 aliphatic heterocycles. The maximum Gasteiger partial charge on any atom is 0.307 e. The summed E-state index contributed by atoms with van der Waals surface area (Å²) in [4.78, 5) is 15.8. The first-order valence-corrected chi connectivity index (χ1v) is 6.53. The molecule has 0 spiro atoms. The second-order valence-corrected chi connectivity index (χ2v) is 4.63. The molecule has 1 aromatic carbocycles. The van der Waals surface area contributed by atoms with Gasteiger partial charge in [-0.15, -0.1) is 0 Å². The van der Waals surface area contributed by atoms with E-state index in [0.717, 1.165) is 16.5 Å². The van der Waals surface area contributed by atoms with Crippen molar-refractivity contribution in [2.45, 2.75) is 6.42 Å². The molecular weight excluding hydrogens is 274 g/mol. The first-order valence-electron chi connectivity index (χ1n) is 6.12. The number of nitrogens with zero attached hydrogens (tertiary/aromatic N) is 1. The van der Waals surface area contributed by atoms with Crippen molar-refractivity contribution in [3.63, 3.8) is 0 Å². The number of hydrogen-bond acceptors (Lipinski definition) is 5. The van der Waals surface area contributed by atoms with Crippen molar-refractivity contribution in [3.05, 3.63) is 35.9 Å². The number of nitrogens with one attached hydrogen (secondary N) is 1. The number of fused-ring (bicyclic) bond motifs is 1. The van der Waals surface area contributed by atoms with Gasteiger partial charge in [0.15, 0.2) is 0 Å². The molecule has 3 N–H and O–H groups in total. The zero-order valence-electron chi connectivity index (χ0n) is 11.1. The number of pyridine rings is 1. The number of para-hydroxylation sites is 1. The molecule has 5 nitrogen and oxygen atoms in total. The van der Waals surface area contributed by atoms with Gasteiger partial charge in [-0.25, -0.2) is 4.98 Å². The summed E-state index contributed by atoms with van der Waals surface area (Å²) < 4.78 is 4.58. The van der Waals surface area contributed by atoms with Crippen molar-refractivity contribution < 1.29 is 9.53 Å². The van der Waals surface area contributed by atoms with E-state index in [9.17, 15) is 4.79 Å².